The molecule has 1 aliphatic carbocycles. The molecule has 21 heavy (non-hydrogen) atoms. The number of nitrogens with zero attached hydrogens (tertiary/aromatic N) is 1. The van der Waals surface area contributed by atoms with E-state index >= 15 is 0 Å². The first-order chi connectivity index (χ1) is 9.86. The van der Waals surface area contributed by atoms with Crippen molar-refractivity contribution in [2.45, 2.75) is 27.0 Å². The van der Waals surface area contributed by atoms with Crippen molar-refractivity contribution in [2.24, 2.45) is 17.3 Å². The molecule has 0 amide bonds. The zero-order chi connectivity index (χ0) is 15.6. The minimum Gasteiger partial charge on any atom is -0.461 e. The van der Waals surface area contributed by atoms with Crippen LogP contribution in [-0.4, -0.2) is 10.5 Å². The average Bonchev–Trinajstić information content (AvgIpc) is 2.75. The maximum Gasteiger partial charge on any atom is 0.310 e. The summed E-state index contributed by atoms with van der Waals surface area (Å²) < 4.78 is 31.7. The highest BCUT2D eigenvalue weighted by atomic mass is 19.3. The lowest BCUT2D eigenvalue weighted by molar-refractivity contribution is -0.147. The second-order valence-corrected chi connectivity index (χ2v) is 5.79. The Bertz CT molecular complexity index is 606. The van der Waals surface area contributed by atoms with Crippen molar-refractivity contribution >= 4 is 5.97 Å². The van der Waals surface area contributed by atoms with Crippen LogP contribution in [0, 0.1) is 29.6 Å². The van der Waals surface area contributed by atoms with Crippen molar-refractivity contribution in [3.05, 3.63) is 36.2 Å². The topological polar surface area (TPSA) is 31.2 Å². The SMILES string of the molecule is C#CCn1ccc(COC(=O)[C@H]2[C@@H](C=C(F)F)C2(C)C)c1. The Hall–Kier alpha value is -2.09. The van der Waals surface area contributed by atoms with Gasteiger partial charge < -0.3 is 9.30 Å². The van der Waals surface area contributed by atoms with Gasteiger partial charge in [-0.3, -0.25) is 4.79 Å². The maximum absolute atomic E-state index is 12.3. The van der Waals surface area contributed by atoms with Crippen LogP contribution in [0.15, 0.2) is 30.6 Å². The molecule has 0 aromatic carbocycles. The number of halogens is 2. The van der Waals surface area contributed by atoms with Crippen LogP contribution in [0.2, 0.25) is 0 Å². The van der Waals surface area contributed by atoms with Crippen LogP contribution in [0.1, 0.15) is 19.4 Å². The van der Waals surface area contributed by atoms with E-state index in [0.29, 0.717) is 6.54 Å². The summed E-state index contributed by atoms with van der Waals surface area (Å²) in [5, 5.41) is 0. The third-order valence-corrected chi connectivity index (χ3v) is 3.94. The molecule has 1 aliphatic rings. The standard InChI is InChI=1S/C16H17F2NO2/c1-4-6-19-7-5-11(9-19)10-21-15(20)14-12(8-13(17)18)16(14,2)3/h1,5,7-9,12,14H,6,10H2,2-3H3/t12-,14-/m1/s1. The fourth-order valence-corrected chi connectivity index (χ4v) is 2.60. The number of carbonyl (C=O) groups excluding carboxylic acids is 1. The smallest absolute Gasteiger partial charge is 0.310 e. The normalized spacial score (nSPS) is 22.2. The number of aromatic nitrogens is 1. The molecule has 0 radical (unpaired) electrons. The molecule has 0 unspecified atom stereocenters. The van der Waals surface area contributed by atoms with Crippen molar-refractivity contribution in [1.29, 1.82) is 0 Å². The molecule has 1 heterocycles. The Balaban J connectivity index is 1.91. The van der Waals surface area contributed by atoms with Crippen molar-refractivity contribution in [2.75, 3.05) is 0 Å². The van der Waals surface area contributed by atoms with Gasteiger partial charge in [-0.25, -0.2) is 0 Å². The van der Waals surface area contributed by atoms with Crippen LogP contribution in [0.5, 0.6) is 0 Å². The summed E-state index contributed by atoms with van der Waals surface area (Å²) in [6, 6.07) is 1.81. The Morgan fingerprint density at radius 3 is 2.90 bits per heavy atom. The summed E-state index contributed by atoms with van der Waals surface area (Å²) in [6.45, 7) is 4.14. The fraction of sp³-hybridized carbons (Fsp3) is 0.438. The number of carbonyl (C=O) groups is 1. The Kier molecular flexibility index (Phi) is 4.17. The van der Waals surface area contributed by atoms with Crippen LogP contribution >= 0.6 is 0 Å². The second kappa shape index (κ2) is 5.72. The van der Waals surface area contributed by atoms with Crippen LogP contribution in [0.25, 0.3) is 0 Å². The van der Waals surface area contributed by atoms with Crippen LogP contribution < -0.4 is 0 Å². The summed E-state index contributed by atoms with van der Waals surface area (Å²) >= 11 is 0. The van der Waals surface area contributed by atoms with E-state index in [9.17, 15) is 13.6 Å². The summed E-state index contributed by atoms with van der Waals surface area (Å²) in [5.41, 5.74) is 0.344. The Morgan fingerprint density at radius 1 is 1.57 bits per heavy atom. The van der Waals surface area contributed by atoms with Crippen molar-refractivity contribution in [1.82, 2.24) is 4.57 Å². The number of hydrogen-bond acceptors (Lipinski definition) is 2. The second-order valence-electron chi connectivity index (χ2n) is 5.79. The predicted molar refractivity (Wildman–Crippen MR) is 74.1 cm³/mol. The molecule has 0 N–H and O–H groups in total. The molecule has 0 spiro atoms. The number of ether oxygens (including phenoxy) is 1. The summed E-state index contributed by atoms with van der Waals surface area (Å²) in [4.78, 5) is 12.0. The highest BCUT2D eigenvalue weighted by Crippen LogP contribution is 2.60. The van der Waals surface area contributed by atoms with Gasteiger partial charge in [0.25, 0.3) is 6.08 Å². The molecule has 3 nitrogen and oxygen atoms in total. The molecule has 1 aromatic heterocycles. The summed E-state index contributed by atoms with van der Waals surface area (Å²) in [7, 11) is 0. The molecule has 112 valence electrons. The average molecular weight is 293 g/mol. The molecular weight excluding hydrogens is 276 g/mol. The van der Waals surface area contributed by atoms with Crippen LogP contribution in [0.4, 0.5) is 8.78 Å². The zero-order valence-electron chi connectivity index (χ0n) is 12.0. The molecule has 2 rings (SSSR count). The molecule has 2 atom stereocenters. The summed E-state index contributed by atoms with van der Waals surface area (Å²) in [5.74, 6) is 1.10. The van der Waals surface area contributed by atoms with E-state index in [4.69, 9.17) is 11.2 Å². The third kappa shape index (κ3) is 3.33. The summed E-state index contributed by atoms with van der Waals surface area (Å²) in [6.07, 6.45) is 7.88. The molecule has 0 saturated heterocycles. The lowest BCUT2D eigenvalue weighted by Crippen LogP contribution is -2.10. The van der Waals surface area contributed by atoms with E-state index in [1.165, 1.54) is 0 Å². The number of rotatable bonds is 5. The predicted octanol–water partition coefficient (Wildman–Crippen LogP) is 3.22. The Labute approximate surface area is 122 Å². The van der Waals surface area contributed by atoms with Gasteiger partial charge in [-0.05, 0) is 17.6 Å². The van der Waals surface area contributed by atoms with Gasteiger partial charge in [-0.1, -0.05) is 19.8 Å². The molecule has 1 aromatic rings. The number of hydrogen-bond donors (Lipinski definition) is 0. The van der Waals surface area contributed by atoms with E-state index in [2.05, 4.69) is 5.92 Å². The quantitative estimate of drug-likeness (QED) is 0.616. The number of terminal acetylenes is 1. The van der Waals surface area contributed by atoms with Crippen molar-refractivity contribution < 1.29 is 18.3 Å². The van der Waals surface area contributed by atoms with Gasteiger partial charge in [0.1, 0.15) is 6.61 Å². The lowest BCUT2D eigenvalue weighted by Gasteiger charge is -2.04. The molecule has 0 bridgehead atoms. The molecular formula is C16H17F2NO2. The van der Waals surface area contributed by atoms with Crippen LogP contribution in [-0.2, 0) is 22.7 Å². The van der Waals surface area contributed by atoms with Crippen LogP contribution in [0.3, 0.4) is 0 Å². The zero-order valence-corrected chi connectivity index (χ0v) is 12.0. The molecule has 5 heteroatoms. The van der Waals surface area contributed by atoms with E-state index in [-0.39, 0.29) is 6.61 Å². The highest BCUT2D eigenvalue weighted by molar-refractivity contribution is 5.78. The number of esters is 1. The van der Waals surface area contributed by atoms with Gasteiger partial charge in [0, 0.05) is 23.9 Å². The largest absolute Gasteiger partial charge is 0.461 e. The van der Waals surface area contributed by atoms with E-state index in [1.54, 1.807) is 36.9 Å². The highest BCUT2D eigenvalue weighted by Gasteiger charge is 2.61. The first-order valence-electron chi connectivity index (χ1n) is 6.64. The minimum atomic E-state index is -1.75. The van der Waals surface area contributed by atoms with Crippen molar-refractivity contribution in [3.63, 3.8) is 0 Å². The van der Waals surface area contributed by atoms with E-state index < -0.39 is 29.3 Å². The van der Waals surface area contributed by atoms with Gasteiger partial charge in [0.15, 0.2) is 0 Å². The van der Waals surface area contributed by atoms with E-state index in [0.717, 1.165) is 11.6 Å². The van der Waals surface area contributed by atoms with Gasteiger partial charge in [0.05, 0.1) is 12.5 Å². The fourth-order valence-electron chi connectivity index (χ4n) is 2.60. The van der Waals surface area contributed by atoms with Gasteiger partial charge >= 0.3 is 5.97 Å². The lowest BCUT2D eigenvalue weighted by atomic mass is 10.1. The molecule has 0 aliphatic heterocycles. The minimum absolute atomic E-state index is 0.123. The Morgan fingerprint density at radius 2 is 2.29 bits per heavy atom. The molecule has 1 fully saturated rings. The van der Waals surface area contributed by atoms with Gasteiger partial charge in [-0.2, -0.15) is 8.78 Å². The van der Waals surface area contributed by atoms with Gasteiger partial charge in [-0.15, -0.1) is 6.42 Å². The van der Waals surface area contributed by atoms with E-state index in [1.807, 2.05) is 0 Å². The number of allylic oxidation sites excluding steroid dienone is 1. The monoisotopic (exact) mass is 293 g/mol. The first-order valence-corrected chi connectivity index (χ1v) is 6.64. The van der Waals surface area contributed by atoms with Gasteiger partial charge in [0.2, 0.25) is 0 Å². The maximum atomic E-state index is 12.3. The first kappa shape index (κ1) is 15.3. The van der Waals surface area contributed by atoms with Crippen molar-refractivity contribution in [3.8, 4) is 12.3 Å². The molecule has 1 saturated carbocycles. The third-order valence-electron chi connectivity index (χ3n) is 3.94.